The predicted octanol–water partition coefficient (Wildman–Crippen LogP) is -0.474. The molecule has 8 heteroatoms. The van der Waals surface area contributed by atoms with Gasteiger partial charge in [-0.05, 0) is 23.6 Å². The van der Waals surface area contributed by atoms with E-state index in [1.54, 1.807) is 4.90 Å². The van der Waals surface area contributed by atoms with Gasteiger partial charge in [0.25, 0.3) is 5.91 Å². The minimum Gasteiger partial charge on any atom is -0.374 e. The fourth-order valence-corrected chi connectivity index (χ4v) is 3.84. The average molecular weight is 372 g/mol. The molecular weight excluding hydrogens is 348 g/mol. The molecule has 144 valence electrons. The molecule has 2 saturated heterocycles. The van der Waals surface area contributed by atoms with Gasteiger partial charge in [0.05, 0.1) is 12.7 Å². The van der Waals surface area contributed by atoms with Crippen molar-refractivity contribution >= 4 is 17.7 Å². The maximum absolute atomic E-state index is 12.8. The summed E-state index contributed by atoms with van der Waals surface area (Å²) in [5.74, 6) is -0.789. The molecular formula is C19H24N4O4. The molecule has 0 bridgehead atoms. The molecule has 1 aromatic rings. The molecule has 0 spiro atoms. The van der Waals surface area contributed by atoms with Crippen molar-refractivity contribution < 1.29 is 19.1 Å². The number of benzene rings is 1. The van der Waals surface area contributed by atoms with E-state index in [1.165, 1.54) is 0 Å². The number of hydrogen-bond acceptors (Lipinski definition) is 6. The van der Waals surface area contributed by atoms with Gasteiger partial charge in [-0.3, -0.25) is 19.7 Å². The molecule has 2 unspecified atom stereocenters. The second-order valence-corrected chi connectivity index (χ2v) is 7.22. The number of amides is 3. The molecule has 27 heavy (non-hydrogen) atoms. The van der Waals surface area contributed by atoms with Crippen molar-refractivity contribution in [3.63, 3.8) is 0 Å². The monoisotopic (exact) mass is 372 g/mol. The van der Waals surface area contributed by atoms with Crippen molar-refractivity contribution in [2.45, 2.75) is 38.1 Å². The van der Waals surface area contributed by atoms with Crippen LogP contribution in [-0.2, 0) is 27.4 Å². The fraction of sp³-hybridized carbons (Fsp3) is 0.526. The van der Waals surface area contributed by atoms with Crippen LogP contribution in [0.4, 0.5) is 0 Å². The van der Waals surface area contributed by atoms with E-state index in [9.17, 15) is 14.4 Å². The number of hydrogen-bond donors (Lipinski definition) is 3. The van der Waals surface area contributed by atoms with Crippen molar-refractivity contribution in [3.05, 3.63) is 34.9 Å². The molecule has 8 nitrogen and oxygen atoms in total. The summed E-state index contributed by atoms with van der Waals surface area (Å²) < 4.78 is 5.66. The summed E-state index contributed by atoms with van der Waals surface area (Å²) in [7, 11) is 0. The summed E-state index contributed by atoms with van der Waals surface area (Å²) in [6.07, 6.45) is 0.815. The first-order valence-electron chi connectivity index (χ1n) is 9.41. The van der Waals surface area contributed by atoms with Crippen molar-refractivity contribution in [3.8, 4) is 0 Å². The van der Waals surface area contributed by atoms with Gasteiger partial charge in [-0.25, -0.2) is 0 Å². The zero-order chi connectivity index (χ0) is 18.8. The molecule has 2 fully saturated rings. The highest BCUT2D eigenvalue weighted by Crippen LogP contribution is 2.28. The predicted molar refractivity (Wildman–Crippen MR) is 96.8 cm³/mol. The molecule has 3 aliphatic heterocycles. The summed E-state index contributed by atoms with van der Waals surface area (Å²) in [4.78, 5) is 37.8. The molecule has 0 aliphatic carbocycles. The first-order valence-corrected chi connectivity index (χ1v) is 9.41. The third kappa shape index (κ3) is 3.87. The number of rotatable bonds is 5. The Labute approximate surface area is 157 Å². The van der Waals surface area contributed by atoms with Crippen molar-refractivity contribution in [2.75, 3.05) is 26.2 Å². The quantitative estimate of drug-likeness (QED) is 0.604. The van der Waals surface area contributed by atoms with Gasteiger partial charge < -0.3 is 20.3 Å². The number of morpholine rings is 1. The summed E-state index contributed by atoms with van der Waals surface area (Å²) >= 11 is 0. The SMILES string of the molecule is O=C1CCC(N2Cc3ccc(CNCC4CNCCO4)cc3C2=O)C(=O)N1. The molecule has 0 radical (unpaired) electrons. The van der Waals surface area contributed by atoms with Crippen molar-refractivity contribution in [1.82, 2.24) is 20.9 Å². The number of imide groups is 1. The van der Waals surface area contributed by atoms with Gasteiger partial charge in [-0.15, -0.1) is 0 Å². The van der Waals surface area contributed by atoms with Gasteiger partial charge in [-0.1, -0.05) is 12.1 Å². The number of ether oxygens (including phenoxy) is 1. The highest BCUT2D eigenvalue weighted by molar-refractivity contribution is 6.05. The minimum absolute atomic E-state index is 0.138. The van der Waals surface area contributed by atoms with Crippen LogP contribution in [0.2, 0.25) is 0 Å². The number of fused-ring (bicyclic) bond motifs is 1. The molecule has 0 aromatic heterocycles. The van der Waals surface area contributed by atoms with Gasteiger partial charge in [0.1, 0.15) is 6.04 Å². The second kappa shape index (κ2) is 7.75. The molecule has 4 rings (SSSR count). The largest absolute Gasteiger partial charge is 0.374 e. The van der Waals surface area contributed by atoms with Gasteiger partial charge in [0.2, 0.25) is 11.8 Å². The van der Waals surface area contributed by atoms with Crippen molar-refractivity contribution in [1.29, 1.82) is 0 Å². The Morgan fingerprint density at radius 2 is 2.15 bits per heavy atom. The van der Waals surface area contributed by atoms with E-state index >= 15 is 0 Å². The van der Waals surface area contributed by atoms with Crippen molar-refractivity contribution in [2.24, 2.45) is 0 Å². The Balaban J connectivity index is 1.37. The van der Waals surface area contributed by atoms with Crippen LogP contribution in [0, 0.1) is 0 Å². The normalized spacial score (nSPS) is 25.5. The Morgan fingerprint density at radius 3 is 2.93 bits per heavy atom. The lowest BCUT2D eigenvalue weighted by Gasteiger charge is -2.29. The van der Waals surface area contributed by atoms with Gasteiger partial charge in [-0.2, -0.15) is 0 Å². The lowest BCUT2D eigenvalue weighted by atomic mass is 10.0. The standard InChI is InChI=1S/C19H24N4O4/c24-17-4-3-16(18(25)22-17)23-11-13-2-1-12(7-15(13)19(23)26)8-21-10-14-9-20-5-6-27-14/h1-2,7,14,16,20-21H,3-6,8-11H2,(H,22,24,25). The highest BCUT2D eigenvalue weighted by Gasteiger charge is 2.39. The maximum atomic E-state index is 12.8. The number of piperidine rings is 1. The third-order valence-electron chi connectivity index (χ3n) is 5.30. The fourth-order valence-electron chi connectivity index (χ4n) is 3.84. The molecule has 0 saturated carbocycles. The Kier molecular flexibility index (Phi) is 5.20. The topological polar surface area (TPSA) is 99.8 Å². The minimum atomic E-state index is -0.569. The van der Waals surface area contributed by atoms with E-state index in [1.807, 2.05) is 18.2 Å². The first kappa shape index (κ1) is 18.1. The van der Waals surface area contributed by atoms with E-state index in [2.05, 4.69) is 16.0 Å². The summed E-state index contributed by atoms with van der Waals surface area (Å²) in [5, 5.41) is 8.99. The van der Waals surface area contributed by atoms with Gasteiger partial charge in [0.15, 0.2) is 0 Å². The van der Waals surface area contributed by atoms with Crippen LogP contribution in [0.5, 0.6) is 0 Å². The van der Waals surface area contributed by atoms with E-state index in [0.29, 0.717) is 25.1 Å². The molecule has 2 atom stereocenters. The van der Waals surface area contributed by atoms with Gasteiger partial charge in [0, 0.05) is 44.7 Å². The lowest BCUT2D eigenvalue weighted by Crippen LogP contribution is -2.52. The van der Waals surface area contributed by atoms with E-state index in [4.69, 9.17) is 4.74 Å². The number of carbonyl (C=O) groups excluding carboxylic acids is 3. The summed E-state index contributed by atoms with van der Waals surface area (Å²) in [5.41, 5.74) is 2.60. The Hall–Kier alpha value is -2.29. The summed E-state index contributed by atoms with van der Waals surface area (Å²) in [6, 6.07) is 5.29. The highest BCUT2D eigenvalue weighted by atomic mass is 16.5. The average Bonchev–Trinajstić information content (AvgIpc) is 2.99. The first-order chi connectivity index (χ1) is 13.1. The van der Waals surface area contributed by atoms with Crippen LogP contribution in [-0.4, -0.2) is 61.0 Å². The molecule has 3 N–H and O–H groups in total. The third-order valence-corrected chi connectivity index (χ3v) is 5.30. The van der Waals surface area contributed by atoms with Crippen LogP contribution in [0.3, 0.4) is 0 Å². The second-order valence-electron chi connectivity index (χ2n) is 7.22. The van der Waals surface area contributed by atoms with E-state index in [-0.39, 0.29) is 30.2 Å². The van der Waals surface area contributed by atoms with Gasteiger partial charge >= 0.3 is 0 Å². The zero-order valence-corrected chi connectivity index (χ0v) is 15.1. The Bertz CT molecular complexity index is 760. The number of nitrogens with zero attached hydrogens (tertiary/aromatic N) is 1. The molecule has 3 heterocycles. The number of carbonyl (C=O) groups is 3. The van der Waals surface area contributed by atoms with E-state index < -0.39 is 6.04 Å². The van der Waals surface area contributed by atoms with Crippen LogP contribution in [0.25, 0.3) is 0 Å². The van der Waals surface area contributed by atoms with E-state index in [0.717, 1.165) is 37.4 Å². The maximum Gasteiger partial charge on any atom is 0.255 e. The molecule has 3 aliphatic rings. The number of nitrogens with one attached hydrogen (secondary N) is 3. The van der Waals surface area contributed by atoms with Crippen LogP contribution >= 0.6 is 0 Å². The summed E-state index contributed by atoms with van der Waals surface area (Å²) in [6.45, 7) is 4.29. The Morgan fingerprint density at radius 1 is 1.26 bits per heavy atom. The lowest BCUT2D eigenvalue weighted by molar-refractivity contribution is -0.136. The smallest absolute Gasteiger partial charge is 0.255 e. The molecule has 3 amide bonds. The van der Waals surface area contributed by atoms with Crippen LogP contribution in [0.15, 0.2) is 18.2 Å². The van der Waals surface area contributed by atoms with Crippen LogP contribution in [0.1, 0.15) is 34.3 Å². The zero-order valence-electron chi connectivity index (χ0n) is 15.1. The van der Waals surface area contributed by atoms with Crippen LogP contribution < -0.4 is 16.0 Å². The molecule has 1 aromatic carbocycles.